The minimum absolute atomic E-state index is 0. The summed E-state index contributed by atoms with van der Waals surface area (Å²) in [5.41, 5.74) is 4.55. The van der Waals surface area contributed by atoms with Gasteiger partial charge in [0.1, 0.15) is 0 Å². The number of hydrogen-bond donors (Lipinski definition) is 2. The molecule has 3 heterocycles. The van der Waals surface area contributed by atoms with Gasteiger partial charge in [-0.3, -0.25) is 14.9 Å². The number of nitrogens with zero attached hydrogens (tertiary/aromatic N) is 2. The lowest BCUT2D eigenvalue weighted by molar-refractivity contribution is -0.122. The molecule has 0 bridgehead atoms. The van der Waals surface area contributed by atoms with Crippen molar-refractivity contribution >= 4 is 57.2 Å². The summed E-state index contributed by atoms with van der Waals surface area (Å²) in [7, 11) is 3.89. The molecular formula is C25H25ClN4O2. The normalized spacial score (nSPS) is 13.8. The number of aryl methyl sites for hydroxylation is 2. The molecule has 32 heavy (non-hydrogen) atoms. The maximum absolute atomic E-state index is 13.0. The summed E-state index contributed by atoms with van der Waals surface area (Å²) in [4.78, 5) is 26.0. The molecule has 7 heteroatoms. The third-order valence-corrected chi connectivity index (χ3v) is 5.98. The highest BCUT2D eigenvalue weighted by Gasteiger charge is 2.35. The van der Waals surface area contributed by atoms with Crippen LogP contribution in [0.3, 0.4) is 0 Å². The maximum Gasteiger partial charge on any atom is 0.259 e. The van der Waals surface area contributed by atoms with Gasteiger partial charge in [0.25, 0.3) is 11.8 Å². The topological polar surface area (TPSA) is 68.1 Å². The molecule has 1 aliphatic rings. The molecular weight excluding hydrogens is 424 g/mol. The number of para-hydroxylation sites is 2. The van der Waals surface area contributed by atoms with Crippen LogP contribution in [0.2, 0.25) is 0 Å². The number of imide groups is 1. The average Bonchev–Trinajstić information content (AvgIpc) is 3.39. The minimum Gasteiger partial charge on any atom is -0.350 e. The third kappa shape index (κ3) is 3.42. The monoisotopic (exact) mass is 448 g/mol. The molecule has 0 aliphatic carbocycles. The van der Waals surface area contributed by atoms with Crippen molar-refractivity contribution in [3.05, 3.63) is 72.1 Å². The van der Waals surface area contributed by atoms with E-state index in [4.69, 9.17) is 0 Å². The molecule has 164 valence electrons. The number of halogens is 1. The fraction of sp³-hybridized carbons (Fsp3) is 0.200. The van der Waals surface area contributed by atoms with Crippen LogP contribution in [-0.2, 0) is 23.2 Å². The van der Waals surface area contributed by atoms with E-state index in [0.717, 1.165) is 52.4 Å². The van der Waals surface area contributed by atoms with Crippen LogP contribution in [0.15, 0.2) is 60.9 Å². The number of fused-ring (bicyclic) bond motifs is 2. The molecule has 6 nitrogen and oxygen atoms in total. The van der Waals surface area contributed by atoms with Gasteiger partial charge in [0, 0.05) is 58.9 Å². The second-order valence-electron chi connectivity index (χ2n) is 7.91. The first-order valence-corrected chi connectivity index (χ1v) is 10.5. The highest BCUT2D eigenvalue weighted by Crippen LogP contribution is 2.38. The summed E-state index contributed by atoms with van der Waals surface area (Å²) < 4.78 is 4.16. The lowest BCUT2D eigenvalue weighted by Crippen LogP contribution is -2.22. The Balaban J connectivity index is 0.00000245. The van der Waals surface area contributed by atoms with Crippen LogP contribution in [0, 0.1) is 0 Å². The Bertz CT molecular complexity index is 1380. The zero-order valence-electron chi connectivity index (χ0n) is 18.0. The SMILES string of the molecule is CNCCCn1cc(C2=C(c3cn(C)c4ccccc34)C(=O)NC2=O)c2ccccc21.Cl. The fourth-order valence-electron chi connectivity index (χ4n) is 4.57. The summed E-state index contributed by atoms with van der Waals surface area (Å²) in [6, 6.07) is 16.0. The quantitative estimate of drug-likeness (QED) is 0.349. The van der Waals surface area contributed by atoms with E-state index in [1.165, 1.54) is 0 Å². The molecule has 2 aromatic heterocycles. The van der Waals surface area contributed by atoms with E-state index in [1.54, 1.807) is 0 Å². The van der Waals surface area contributed by atoms with E-state index in [1.807, 2.05) is 73.5 Å². The lowest BCUT2D eigenvalue weighted by Gasteiger charge is -2.04. The molecule has 0 saturated carbocycles. The molecule has 0 saturated heterocycles. The fourth-order valence-corrected chi connectivity index (χ4v) is 4.57. The maximum atomic E-state index is 13.0. The van der Waals surface area contributed by atoms with Crippen LogP contribution in [0.1, 0.15) is 17.5 Å². The Labute approximate surface area is 192 Å². The highest BCUT2D eigenvalue weighted by atomic mass is 35.5. The standard InChI is InChI=1S/C25H24N4O2.ClH/c1-26-12-7-13-29-15-19(17-9-4-6-11-21(17)29)23-22(24(30)27-25(23)31)18-14-28(2)20-10-5-3-8-16(18)20;/h3-6,8-11,14-15,26H,7,12-13H2,1-2H3,(H,27,30,31);1H. The Kier molecular flexibility index (Phi) is 5.91. The van der Waals surface area contributed by atoms with Crippen molar-refractivity contribution in [3.63, 3.8) is 0 Å². The van der Waals surface area contributed by atoms with Crippen LogP contribution in [0.4, 0.5) is 0 Å². The summed E-state index contributed by atoms with van der Waals surface area (Å²) in [5.74, 6) is -0.686. The first-order chi connectivity index (χ1) is 15.1. The second-order valence-corrected chi connectivity index (χ2v) is 7.91. The second kappa shape index (κ2) is 8.65. The molecule has 0 fully saturated rings. The number of aromatic nitrogens is 2. The Morgan fingerprint density at radius 2 is 1.41 bits per heavy atom. The number of amides is 2. The van der Waals surface area contributed by atoms with Crippen LogP contribution in [0.5, 0.6) is 0 Å². The molecule has 5 rings (SSSR count). The molecule has 0 atom stereocenters. The Morgan fingerprint density at radius 1 is 0.844 bits per heavy atom. The minimum atomic E-state index is -0.344. The van der Waals surface area contributed by atoms with Gasteiger partial charge in [-0.2, -0.15) is 0 Å². The zero-order valence-corrected chi connectivity index (χ0v) is 18.8. The first kappa shape index (κ1) is 21.9. The Hall–Kier alpha value is -3.35. The first-order valence-electron chi connectivity index (χ1n) is 10.5. The predicted molar refractivity (Wildman–Crippen MR) is 131 cm³/mol. The average molecular weight is 449 g/mol. The summed E-state index contributed by atoms with van der Waals surface area (Å²) in [5, 5.41) is 7.64. The van der Waals surface area contributed by atoms with Gasteiger partial charge in [-0.1, -0.05) is 36.4 Å². The van der Waals surface area contributed by atoms with Crippen molar-refractivity contribution in [1.82, 2.24) is 19.8 Å². The summed E-state index contributed by atoms with van der Waals surface area (Å²) in [6.45, 7) is 1.73. The van der Waals surface area contributed by atoms with E-state index in [-0.39, 0.29) is 24.2 Å². The van der Waals surface area contributed by atoms with Crippen LogP contribution >= 0.6 is 12.4 Å². The molecule has 2 amide bonds. The smallest absolute Gasteiger partial charge is 0.259 e. The van der Waals surface area contributed by atoms with Crippen molar-refractivity contribution in [2.45, 2.75) is 13.0 Å². The Morgan fingerprint density at radius 3 is 2.06 bits per heavy atom. The molecule has 4 aromatic rings. The van der Waals surface area contributed by atoms with Gasteiger partial charge < -0.3 is 14.5 Å². The van der Waals surface area contributed by atoms with Crippen molar-refractivity contribution in [2.24, 2.45) is 7.05 Å². The van der Waals surface area contributed by atoms with Crippen molar-refractivity contribution in [1.29, 1.82) is 0 Å². The lowest BCUT2D eigenvalue weighted by atomic mass is 9.95. The van der Waals surface area contributed by atoms with Crippen LogP contribution < -0.4 is 10.6 Å². The van der Waals surface area contributed by atoms with Crippen LogP contribution in [-0.4, -0.2) is 34.5 Å². The van der Waals surface area contributed by atoms with E-state index in [2.05, 4.69) is 21.3 Å². The largest absolute Gasteiger partial charge is 0.350 e. The van der Waals surface area contributed by atoms with Crippen LogP contribution in [0.25, 0.3) is 33.0 Å². The third-order valence-electron chi connectivity index (χ3n) is 5.98. The number of nitrogens with one attached hydrogen (secondary N) is 2. The van der Waals surface area contributed by atoms with Crippen molar-refractivity contribution < 1.29 is 9.59 Å². The number of carbonyl (C=O) groups is 2. The van der Waals surface area contributed by atoms with E-state index in [9.17, 15) is 9.59 Å². The summed E-state index contributed by atoms with van der Waals surface area (Å²) in [6.07, 6.45) is 4.91. The van der Waals surface area contributed by atoms with Crippen molar-refractivity contribution in [2.75, 3.05) is 13.6 Å². The molecule has 2 N–H and O–H groups in total. The highest BCUT2D eigenvalue weighted by molar-refractivity contribution is 6.50. The van der Waals surface area contributed by atoms with Gasteiger partial charge in [-0.25, -0.2) is 0 Å². The molecule has 0 radical (unpaired) electrons. The number of hydrogen-bond acceptors (Lipinski definition) is 3. The molecule has 0 spiro atoms. The van der Waals surface area contributed by atoms with Gasteiger partial charge >= 0.3 is 0 Å². The number of carbonyl (C=O) groups excluding carboxylic acids is 2. The molecule has 1 aliphatic heterocycles. The summed E-state index contributed by atoms with van der Waals surface area (Å²) >= 11 is 0. The van der Waals surface area contributed by atoms with Gasteiger partial charge in [-0.05, 0) is 32.1 Å². The van der Waals surface area contributed by atoms with Gasteiger partial charge in [0.15, 0.2) is 0 Å². The number of rotatable bonds is 6. The van der Waals surface area contributed by atoms with E-state index >= 15 is 0 Å². The number of benzene rings is 2. The van der Waals surface area contributed by atoms with Crippen molar-refractivity contribution in [3.8, 4) is 0 Å². The zero-order chi connectivity index (χ0) is 21.5. The van der Waals surface area contributed by atoms with Gasteiger partial charge in [0.05, 0.1) is 11.1 Å². The van der Waals surface area contributed by atoms with E-state index < -0.39 is 0 Å². The van der Waals surface area contributed by atoms with E-state index in [0.29, 0.717) is 11.1 Å². The molecule has 0 unspecified atom stereocenters. The van der Waals surface area contributed by atoms with Gasteiger partial charge in [-0.15, -0.1) is 12.4 Å². The predicted octanol–water partition coefficient (Wildman–Crippen LogP) is 3.73. The van der Waals surface area contributed by atoms with Gasteiger partial charge in [0.2, 0.25) is 0 Å². The molecule has 2 aromatic carbocycles.